The first kappa shape index (κ1) is 39.0. The van der Waals surface area contributed by atoms with E-state index in [-0.39, 0.29) is 0 Å². The Morgan fingerprint density at radius 1 is 0.308 bits per heavy atom. The van der Waals surface area contributed by atoms with Crippen LogP contribution in [-0.2, 0) is 0 Å². The second-order valence-electron chi connectivity index (χ2n) is 14.2. The van der Waals surface area contributed by atoms with Crippen molar-refractivity contribution in [3.63, 3.8) is 0 Å². The molecule has 0 atom stereocenters. The van der Waals surface area contributed by atoms with Crippen molar-refractivity contribution in [1.29, 1.82) is 0 Å². The zero-order chi connectivity index (χ0) is 28.9. The van der Waals surface area contributed by atoms with Gasteiger partial charge in [0, 0.05) is 0 Å². The van der Waals surface area contributed by atoms with Crippen molar-refractivity contribution in [2.24, 2.45) is 11.8 Å². The van der Waals surface area contributed by atoms with Gasteiger partial charge >= 0.3 is 0 Å². The van der Waals surface area contributed by atoms with E-state index >= 15 is 0 Å². The van der Waals surface area contributed by atoms with Gasteiger partial charge in [-0.15, -0.1) is 0 Å². The molecule has 0 aliphatic carbocycles. The van der Waals surface area contributed by atoms with E-state index < -0.39 is 0 Å². The second-order valence-corrected chi connectivity index (χ2v) is 14.2. The van der Waals surface area contributed by atoms with Crippen LogP contribution in [0.4, 0.5) is 0 Å². The highest BCUT2D eigenvalue weighted by Gasteiger charge is 2.14. The molecule has 1 nitrogen and oxygen atoms in total. The standard InChI is InChI=1S/C38H80N/c1-7-11-29-37(30-12-8-2)33-25-21-17-15-19-23-27-35-39(5,6)36-28-24-20-16-18-22-26-34-38(31-13-9-3)32-14-10-4/h37-38H,7-36H2,1-6H3/q+1. The lowest BCUT2D eigenvalue weighted by Gasteiger charge is -2.30. The summed E-state index contributed by atoms with van der Waals surface area (Å²) < 4.78 is 1.24. The Bertz CT molecular complexity index is 400. The molecule has 0 bridgehead atoms. The van der Waals surface area contributed by atoms with Gasteiger partial charge < -0.3 is 4.48 Å². The fourth-order valence-corrected chi connectivity index (χ4v) is 6.66. The van der Waals surface area contributed by atoms with Gasteiger partial charge in [-0.2, -0.15) is 0 Å². The van der Waals surface area contributed by atoms with E-state index in [2.05, 4.69) is 41.8 Å². The van der Waals surface area contributed by atoms with E-state index in [1.54, 1.807) is 0 Å². The Kier molecular flexibility index (Phi) is 29.4. The molecule has 0 amide bonds. The van der Waals surface area contributed by atoms with Crippen molar-refractivity contribution in [3.05, 3.63) is 0 Å². The van der Waals surface area contributed by atoms with E-state index in [1.165, 1.54) is 197 Å². The lowest BCUT2D eigenvalue weighted by Crippen LogP contribution is -2.41. The van der Waals surface area contributed by atoms with Gasteiger partial charge in [-0.1, -0.05) is 182 Å². The van der Waals surface area contributed by atoms with Crippen molar-refractivity contribution >= 4 is 0 Å². The first-order valence-electron chi connectivity index (χ1n) is 18.8. The Labute approximate surface area is 250 Å². The Morgan fingerprint density at radius 3 is 0.821 bits per heavy atom. The highest BCUT2D eigenvalue weighted by atomic mass is 15.3. The molecule has 0 radical (unpaired) electrons. The molecule has 0 saturated carbocycles. The van der Waals surface area contributed by atoms with Crippen LogP contribution in [-0.4, -0.2) is 31.7 Å². The monoisotopic (exact) mass is 551 g/mol. The number of nitrogens with zero attached hydrogens (tertiary/aromatic N) is 1. The molecule has 0 N–H and O–H groups in total. The van der Waals surface area contributed by atoms with E-state index in [4.69, 9.17) is 0 Å². The quantitative estimate of drug-likeness (QED) is 0.0577. The maximum atomic E-state index is 2.47. The number of hydrogen-bond donors (Lipinski definition) is 0. The van der Waals surface area contributed by atoms with Gasteiger partial charge in [-0.25, -0.2) is 0 Å². The summed E-state index contributed by atoms with van der Waals surface area (Å²) in [6.45, 7) is 12.1. The predicted octanol–water partition coefficient (Wildman–Crippen LogP) is 13.3. The molecule has 0 aromatic heterocycles. The molecule has 0 aliphatic rings. The highest BCUT2D eigenvalue weighted by molar-refractivity contribution is 4.62. The molecule has 0 aromatic carbocycles. The summed E-state index contributed by atoms with van der Waals surface area (Å²) in [6.07, 6.45) is 40.8. The van der Waals surface area contributed by atoms with Crippen LogP contribution < -0.4 is 0 Å². The van der Waals surface area contributed by atoms with Crippen LogP contribution in [0.5, 0.6) is 0 Å². The van der Waals surface area contributed by atoms with Crippen molar-refractivity contribution < 1.29 is 4.48 Å². The molecule has 1 heteroatoms. The first-order chi connectivity index (χ1) is 19.0. The van der Waals surface area contributed by atoms with Gasteiger partial charge in [0.15, 0.2) is 0 Å². The number of unbranched alkanes of at least 4 members (excludes halogenated alkanes) is 16. The largest absolute Gasteiger partial charge is 0.328 e. The summed E-state index contributed by atoms with van der Waals surface area (Å²) in [5.41, 5.74) is 0. The molecule has 0 rings (SSSR count). The van der Waals surface area contributed by atoms with E-state index in [0.717, 1.165) is 11.8 Å². The first-order valence-corrected chi connectivity index (χ1v) is 18.8. The molecule has 0 aliphatic heterocycles. The van der Waals surface area contributed by atoms with Gasteiger partial charge in [0.05, 0.1) is 27.2 Å². The summed E-state index contributed by atoms with van der Waals surface area (Å²) in [6, 6.07) is 0. The maximum absolute atomic E-state index is 2.47. The number of quaternary nitrogens is 1. The minimum absolute atomic E-state index is 1.03. The molecule has 0 saturated heterocycles. The molecular weight excluding hydrogens is 470 g/mol. The topological polar surface area (TPSA) is 0 Å². The highest BCUT2D eigenvalue weighted by Crippen LogP contribution is 2.24. The maximum Gasteiger partial charge on any atom is 0.0782 e. The van der Waals surface area contributed by atoms with Crippen LogP contribution in [0.2, 0.25) is 0 Å². The third kappa shape index (κ3) is 27.9. The van der Waals surface area contributed by atoms with Crippen molar-refractivity contribution in [2.75, 3.05) is 27.2 Å². The minimum Gasteiger partial charge on any atom is -0.328 e. The number of hydrogen-bond acceptors (Lipinski definition) is 0. The summed E-state index contributed by atoms with van der Waals surface area (Å²) >= 11 is 0. The lowest BCUT2D eigenvalue weighted by atomic mass is 9.90. The van der Waals surface area contributed by atoms with Crippen molar-refractivity contribution in [1.82, 2.24) is 0 Å². The lowest BCUT2D eigenvalue weighted by molar-refractivity contribution is -0.890. The minimum atomic E-state index is 1.03. The third-order valence-electron chi connectivity index (χ3n) is 9.62. The van der Waals surface area contributed by atoms with Crippen LogP contribution in [0.25, 0.3) is 0 Å². The normalized spacial score (nSPS) is 12.3. The molecular formula is C38H80N+. The van der Waals surface area contributed by atoms with Gasteiger partial charge in [-0.05, 0) is 37.5 Å². The van der Waals surface area contributed by atoms with Crippen LogP contribution in [0.1, 0.15) is 207 Å². The van der Waals surface area contributed by atoms with Crippen molar-refractivity contribution in [2.45, 2.75) is 207 Å². The average molecular weight is 551 g/mol. The van der Waals surface area contributed by atoms with Crippen LogP contribution in [0.15, 0.2) is 0 Å². The van der Waals surface area contributed by atoms with Crippen molar-refractivity contribution in [3.8, 4) is 0 Å². The van der Waals surface area contributed by atoms with Gasteiger partial charge in [0.2, 0.25) is 0 Å². The molecule has 236 valence electrons. The van der Waals surface area contributed by atoms with Gasteiger partial charge in [-0.3, -0.25) is 0 Å². The summed E-state index contributed by atoms with van der Waals surface area (Å²) in [7, 11) is 4.95. The molecule has 0 unspecified atom stereocenters. The average Bonchev–Trinajstić information content (AvgIpc) is 2.93. The van der Waals surface area contributed by atoms with Gasteiger partial charge in [0.25, 0.3) is 0 Å². The summed E-state index contributed by atoms with van der Waals surface area (Å²) in [5.74, 6) is 2.05. The van der Waals surface area contributed by atoms with Crippen LogP contribution >= 0.6 is 0 Å². The number of rotatable bonds is 32. The molecule has 0 heterocycles. The summed E-state index contributed by atoms with van der Waals surface area (Å²) in [5, 5.41) is 0. The molecule has 0 aromatic rings. The fraction of sp³-hybridized carbons (Fsp3) is 1.00. The second kappa shape index (κ2) is 29.5. The van der Waals surface area contributed by atoms with Crippen LogP contribution in [0, 0.1) is 11.8 Å². The Balaban J connectivity index is 3.62. The molecule has 0 fully saturated rings. The zero-order valence-electron chi connectivity index (χ0n) is 28.8. The SMILES string of the molecule is CCCCC(CCCC)CCCCCCCCC[N+](C)(C)CCCCCCCCCC(CCCC)CCCC. The smallest absolute Gasteiger partial charge is 0.0782 e. The van der Waals surface area contributed by atoms with E-state index in [0.29, 0.717) is 0 Å². The predicted molar refractivity (Wildman–Crippen MR) is 181 cm³/mol. The molecule has 0 spiro atoms. The molecule has 39 heavy (non-hydrogen) atoms. The zero-order valence-corrected chi connectivity index (χ0v) is 28.8. The Hall–Kier alpha value is -0.0400. The summed E-state index contributed by atoms with van der Waals surface area (Å²) in [4.78, 5) is 0. The third-order valence-corrected chi connectivity index (χ3v) is 9.62. The van der Waals surface area contributed by atoms with Gasteiger partial charge in [0.1, 0.15) is 0 Å². The van der Waals surface area contributed by atoms with Crippen LogP contribution in [0.3, 0.4) is 0 Å². The Morgan fingerprint density at radius 2 is 0.538 bits per heavy atom. The fourth-order valence-electron chi connectivity index (χ4n) is 6.66. The van der Waals surface area contributed by atoms with E-state index in [9.17, 15) is 0 Å². The van der Waals surface area contributed by atoms with E-state index in [1.807, 2.05) is 0 Å².